The van der Waals surface area contributed by atoms with Gasteiger partial charge in [0.25, 0.3) is 0 Å². The molecule has 2 aromatic rings. The van der Waals surface area contributed by atoms with Crippen LogP contribution in [0.15, 0.2) is 42.7 Å². The molecule has 96 valence electrons. The third kappa shape index (κ3) is 2.17. The van der Waals surface area contributed by atoms with Crippen LogP contribution in [-0.4, -0.2) is 18.0 Å². The maximum atomic E-state index is 11.8. The molecule has 1 N–H and O–H groups in total. The van der Waals surface area contributed by atoms with E-state index in [0.29, 0.717) is 6.42 Å². The first-order valence-electron chi connectivity index (χ1n) is 6.14. The number of nitrogens with one attached hydrogen (secondary N) is 1. The Morgan fingerprint density at radius 1 is 1.37 bits per heavy atom. The monoisotopic (exact) mass is 254 g/mol. The van der Waals surface area contributed by atoms with Crippen molar-refractivity contribution in [3.8, 4) is 5.75 Å². The SMILES string of the molecule is COc1ccc2c(c1)CC(=O)NC2c1cccnc1. The van der Waals surface area contributed by atoms with Crippen molar-refractivity contribution in [3.63, 3.8) is 0 Å². The molecule has 1 atom stereocenters. The first-order chi connectivity index (χ1) is 9.28. The highest BCUT2D eigenvalue weighted by Crippen LogP contribution is 2.30. The van der Waals surface area contributed by atoms with E-state index in [2.05, 4.69) is 10.3 Å². The highest BCUT2D eigenvalue weighted by Gasteiger charge is 2.26. The molecule has 1 aromatic heterocycles. The van der Waals surface area contributed by atoms with Crippen molar-refractivity contribution in [2.45, 2.75) is 12.5 Å². The molecule has 19 heavy (non-hydrogen) atoms. The van der Waals surface area contributed by atoms with Gasteiger partial charge >= 0.3 is 0 Å². The van der Waals surface area contributed by atoms with E-state index in [0.717, 1.165) is 22.4 Å². The average Bonchev–Trinajstić information content (AvgIpc) is 2.46. The number of hydrogen-bond donors (Lipinski definition) is 1. The van der Waals surface area contributed by atoms with E-state index >= 15 is 0 Å². The molecule has 1 aliphatic rings. The fourth-order valence-corrected chi connectivity index (χ4v) is 2.42. The molecule has 0 saturated heterocycles. The molecule has 0 saturated carbocycles. The molecule has 1 unspecified atom stereocenters. The zero-order valence-corrected chi connectivity index (χ0v) is 10.6. The van der Waals surface area contributed by atoms with Crippen LogP contribution in [-0.2, 0) is 11.2 Å². The van der Waals surface area contributed by atoms with Crippen molar-refractivity contribution in [1.82, 2.24) is 10.3 Å². The minimum atomic E-state index is -0.129. The number of carbonyl (C=O) groups is 1. The first kappa shape index (κ1) is 11.7. The number of ether oxygens (including phenoxy) is 1. The maximum absolute atomic E-state index is 11.8. The van der Waals surface area contributed by atoms with Gasteiger partial charge in [0.05, 0.1) is 19.6 Å². The summed E-state index contributed by atoms with van der Waals surface area (Å²) in [5, 5.41) is 3.01. The van der Waals surface area contributed by atoms with Gasteiger partial charge in [0, 0.05) is 12.4 Å². The molecule has 0 fully saturated rings. The Bertz CT molecular complexity index is 611. The minimum Gasteiger partial charge on any atom is -0.497 e. The van der Waals surface area contributed by atoms with E-state index in [1.165, 1.54) is 0 Å². The van der Waals surface area contributed by atoms with E-state index in [9.17, 15) is 4.79 Å². The smallest absolute Gasteiger partial charge is 0.225 e. The molecule has 0 bridgehead atoms. The lowest BCUT2D eigenvalue weighted by atomic mass is 9.90. The van der Waals surface area contributed by atoms with Crippen LogP contribution < -0.4 is 10.1 Å². The molecular formula is C15H14N2O2. The van der Waals surface area contributed by atoms with E-state index < -0.39 is 0 Å². The predicted octanol–water partition coefficient (Wildman–Crippen LogP) is 1.85. The van der Waals surface area contributed by atoms with Crippen LogP contribution in [0.4, 0.5) is 0 Å². The summed E-state index contributed by atoms with van der Waals surface area (Å²) < 4.78 is 5.21. The first-order valence-corrected chi connectivity index (χ1v) is 6.14. The van der Waals surface area contributed by atoms with Crippen molar-refractivity contribution in [2.75, 3.05) is 7.11 Å². The quantitative estimate of drug-likeness (QED) is 0.889. The summed E-state index contributed by atoms with van der Waals surface area (Å²) in [5.74, 6) is 0.799. The van der Waals surface area contributed by atoms with Gasteiger partial charge in [0.1, 0.15) is 5.75 Å². The lowest BCUT2D eigenvalue weighted by Crippen LogP contribution is -2.35. The third-order valence-corrected chi connectivity index (χ3v) is 3.34. The topological polar surface area (TPSA) is 51.2 Å². The van der Waals surface area contributed by atoms with Crippen LogP contribution >= 0.6 is 0 Å². The van der Waals surface area contributed by atoms with E-state index in [4.69, 9.17) is 4.74 Å². The normalized spacial score (nSPS) is 17.5. The maximum Gasteiger partial charge on any atom is 0.225 e. The molecule has 0 radical (unpaired) electrons. The second-order valence-electron chi connectivity index (χ2n) is 4.53. The van der Waals surface area contributed by atoms with Crippen molar-refractivity contribution in [1.29, 1.82) is 0 Å². The van der Waals surface area contributed by atoms with Gasteiger partial charge in [0.2, 0.25) is 5.91 Å². The lowest BCUT2D eigenvalue weighted by Gasteiger charge is -2.27. The Hall–Kier alpha value is -2.36. The van der Waals surface area contributed by atoms with E-state index in [-0.39, 0.29) is 11.9 Å². The predicted molar refractivity (Wildman–Crippen MR) is 70.9 cm³/mol. The number of rotatable bonds is 2. The van der Waals surface area contributed by atoms with Gasteiger partial charge in [-0.1, -0.05) is 12.1 Å². The fraction of sp³-hybridized carbons (Fsp3) is 0.200. The van der Waals surface area contributed by atoms with Gasteiger partial charge in [-0.05, 0) is 34.9 Å². The molecule has 1 aromatic carbocycles. The fourth-order valence-electron chi connectivity index (χ4n) is 2.42. The van der Waals surface area contributed by atoms with Crippen molar-refractivity contribution in [3.05, 3.63) is 59.4 Å². The Kier molecular flexibility index (Phi) is 2.91. The molecule has 0 spiro atoms. The number of nitrogens with zero attached hydrogens (tertiary/aromatic N) is 1. The Balaban J connectivity index is 2.07. The highest BCUT2D eigenvalue weighted by atomic mass is 16.5. The number of carbonyl (C=O) groups excluding carboxylic acids is 1. The molecule has 4 nitrogen and oxygen atoms in total. The van der Waals surface area contributed by atoms with Crippen LogP contribution in [0.3, 0.4) is 0 Å². The molecule has 2 heterocycles. The Morgan fingerprint density at radius 2 is 2.26 bits per heavy atom. The summed E-state index contributed by atoms with van der Waals surface area (Å²) in [5.41, 5.74) is 3.10. The number of pyridine rings is 1. The van der Waals surface area contributed by atoms with Crippen LogP contribution in [0.2, 0.25) is 0 Å². The van der Waals surface area contributed by atoms with Gasteiger partial charge < -0.3 is 10.1 Å². The second kappa shape index (κ2) is 4.72. The molecule has 1 amide bonds. The summed E-state index contributed by atoms with van der Waals surface area (Å²) in [6.07, 6.45) is 3.90. The molecule has 3 rings (SSSR count). The number of methoxy groups -OCH3 is 1. The zero-order chi connectivity index (χ0) is 13.2. The molecule has 4 heteroatoms. The van der Waals surface area contributed by atoms with E-state index in [1.54, 1.807) is 19.5 Å². The van der Waals surface area contributed by atoms with Crippen molar-refractivity contribution < 1.29 is 9.53 Å². The summed E-state index contributed by atoms with van der Waals surface area (Å²) in [7, 11) is 1.63. The molecule has 1 aliphatic heterocycles. The largest absolute Gasteiger partial charge is 0.497 e. The number of amides is 1. The molecule has 0 aliphatic carbocycles. The summed E-state index contributed by atoms with van der Waals surface area (Å²) in [4.78, 5) is 16.0. The van der Waals surface area contributed by atoms with Crippen LogP contribution in [0.25, 0.3) is 0 Å². The van der Waals surface area contributed by atoms with Crippen LogP contribution in [0, 0.1) is 0 Å². The lowest BCUT2D eigenvalue weighted by molar-refractivity contribution is -0.121. The molecular weight excluding hydrogens is 240 g/mol. The van der Waals surface area contributed by atoms with Crippen molar-refractivity contribution >= 4 is 5.91 Å². The number of hydrogen-bond acceptors (Lipinski definition) is 3. The van der Waals surface area contributed by atoms with Crippen molar-refractivity contribution in [2.24, 2.45) is 0 Å². The van der Waals surface area contributed by atoms with Gasteiger partial charge in [0.15, 0.2) is 0 Å². The average molecular weight is 254 g/mol. The van der Waals surface area contributed by atoms with Gasteiger partial charge in [-0.25, -0.2) is 0 Å². The number of fused-ring (bicyclic) bond motifs is 1. The van der Waals surface area contributed by atoms with Gasteiger partial charge in [-0.3, -0.25) is 9.78 Å². The number of benzene rings is 1. The van der Waals surface area contributed by atoms with E-state index in [1.807, 2.05) is 30.3 Å². The summed E-state index contributed by atoms with van der Waals surface area (Å²) in [6.45, 7) is 0. The zero-order valence-electron chi connectivity index (χ0n) is 10.6. The standard InChI is InChI=1S/C15H14N2O2/c1-19-12-4-5-13-11(7-12)8-14(18)17-15(13)10-3-2-6-16-9-10/h2-7,9,15H,8H2,1H3,(H,17,18). The summed E-state index contributed by atoms with van der Waals surface area (Å²) >= 11 is 0. The van der Waals surface area contributed by atoms with Gasteiger partial charge in [-0.2, -0.15) is 0 Å². The summed E-state index contributed by atoms with van der Waals surface area (Å²) in [6, 6.07) is 9.56. The minimum absolute atomic E-state index is 0.0228. The van der Waals surface area contributed by atoms with Gasteiger partial charge in [-0.15, -0.1) is 0 Å². The Morgan fingerprint density at radius 3 is 3.00 bits per heavy atom. The Labute approximate surface area is 111 Å². The number of aromatic nitrogens is 1. The highest BCUT2D eigenvalue weighted by molar-refractivity contribution is 5.82. The van der Waals surface area contributed by atoms with Crippen LogP contribution in [0.5, 0.6) is 5.75 Å². The second-order valence-corrected chi connectivity index (χ2v) is 4.53. The van der Waals surface area contributed by atoms with Crippen LogP contribution in [0.1, 0.15) is 22.7 Å². The third-order valence-electron chi connectivity index (χ3n) is 3.34.